The fourth-order valence-corrected chi connectivity index (χ4v) is 2.24. The van der Waals surface area contributed by atoms with Crippen molar-refractivity contribution in [1.29, 1.82) is 0 Å². The Labute approximate surface area is 106 Å². The molecule has 0 saturated carbocycles. The smallest absolute Gasteiger partial charge is 0.281 e. The van der Waals surface area contributed by atoms with Gasteiger partial charge < -0.3 is 11.5 Å². The third-order valence-electron chi connectivity index (χ3n) is 2.32. The Kier molecular flexibility index (Phi) is 3.10. The van der Waals surface area contributed by atoms with E-state index in [0.717, 1.165) is 10.8 Å². The molecule has 0 aliphatic carbocycles. The van der Waals surface area contributed by atoms with Gasteiger partial charge >= 0.3 is 0 Å². The summed E-state index contributed by atoms with van der Waals surface area (Å²) in [7, 11) is 0. The number of amides is 1. The monoisotopic (exact) mass is 291 g/mol. The van der Waals surface area contributed by atoms with Gasteiger partial charge in [0.05, 0.1) is 5.56 Å². The fourth-order valence-electron chi connectivity index (χ4n) is 1.58. The van der Waals surface area contributed by atoms with Crippen LogP contribution in [0, 0.1) is 0 Å². The van der Waals surface area contributed by atoms with Crippen LogP contribution in [0.1, 0.15) is 10.4 Å². The highest BCUT2D eigenvalue weighted by atomic mass is 79.9. The zero-order chi connectivity index (χ0) is 12.4. The van der Waals surface area contributed by atoms with Crippen LogP contribution in [0.4, 0.5) is 0 Å². The highest BCUT2D eigenvalue weighted by Gasteiger charge is 2.11. The Morgan fingerprint density at radius 2 is 1.82 bits per heavy atom. The minimum absolute atomic E-state index is 0.241. The van der Waals surface area contributed by atoms with E-state index in [1.807, 2.05) is 30.3 Å². The first-order chi connectivity index (χ1) is 8.09. The van der Waals surface area contributed by atoms with Crippen LogP contribution in [-0.2, 0) is 0 Å². The first-order valence-corrected chi connectivity index (χ1v) is 5.70. The van der Waals surface area contributed by atoms with Crippen molar-refractivity contribution in [1.82, 2.24) is 0 Å². The van der Waals surface area contributed by atoms with Gasteiger partial charge in [-0.25, -0.2) is 0 Å². The third kappa shape index (κ3) is 2.29. The largest absolute Gasteiger partial charge is 0.370 e. The molecule has 4 nitrogen and oxygen atoms in total. The van der Waals surface area contributed by atoms with E-state index in [-0.39, 0.29) is 5.96 Å². The Balaban J connectivity index is 2.61. The zero-order valence-electron chi connectivity index (χ0n) is 8.85. The number of aliphatic imine (C=N–C) groups is 1. The van der Waals surface area contributed by atoms with Crippen LogP contribution >= 0.6 is 15.9 Å². The number of guanidine groups is 1. The second-order valence-corrected chi connectivity index (χ2v) is 4.28. The van der Waals surface area contributed by atoms with Crippen molar-refractivity contribution in [3.05, 3.63) is 46.4 Å². The molecular formula is C12H10BrN3O. The summed E-state index contributed by atoms with van der Waals surface area (Å²) in [4.78, 5) is 15.3. The molecule has 0 atom stereocenters. The number of fused-ring (bicyclic) bond motifs is 1. The lowest BCUT2D eigenvalue weighted by molar-refractivity contribution is 0.100. The topological polar surface area (TPSA) is 81.5 Å². The number of carbonyl (C=O) groups is 1. The molecule has 17 heavy (non-hydrogen) atoms. The number of nitrogens with two attached hydrogens (primary N) is 2. The van der Waals surface area contributed by atoms with Crippen molar-refractivity contribution in [2.45, 2.75) is 0 Å². The molecule has 0 aromatic heterocycles. The first kappa shape index (κ1) is 11.6. The molecule has 2 rings (SSSR count). The zero-order valence-corrected chi connectivity index (χ0v) is 10.4. The Morgan fingerprint density at radius 1 is 1.12 bits per heavy atom. The van der Waals surface area contributed by atoms with Crippen LogP contribution in [0.15, 0.2) is 45.9 Å². The molecule has 0 bridgehead atoms. The predicted molar refractivity (Wildman–Crippen MR) is 71.8 cm³/mol. The van der Waals surface area contributed by atoms with E-state index < -0.39 is 5.91 Å². The van der Waals surface area contributed by atoms with Crippen molar-refractivity contribution in [2.75, 3.05) is 0 Å². The minimum atomic E-state index is -0.456. The molecule has 1 amide bonds. The van der Waals surface area contributed by atoms with Crippen molar-refractivity contribution in [3.63, 3.8) is 0 Å². The molecule has 0 fully saturated rings. The lowest BCUT2D eigenvalue weighted by atomic mass is 10.1. The number of benzene rings is 2. The van der Waals surface area contributed by atoms with Crippen molar-refractivity contribution >= 4 is 38.6 Å². The van der Waals surface area contributed by atoms with Gasteiger partial charge in [-0.15, -0.1) is 0 Å². The van der Waals surface area contributed by atoms with Gasteiger partial charge in [0.1, 0.15) is 0 Å². The van der Waals surface area contributed by atoms with E-state index in [4.69, 9.17) is 11.5 Å². The molecule has 0 aliphatic heterocycles. The van der Waals surface area contributed by atoms with Crippen LogP contribution in [0.3, 0.4) is 0 Å². The highest BCUT2D eigenvalue weighted by molar-refractivity contribution is 9.10. The SMILES string of the molecule is NC(N)=NC(=O)c1ccc2ccccc2c1Br. The summed E-state index contributed by atoms with van der Waals surface area (Å²) in [5.74, 6) is -0.697. The molecule has 5 heteroatoms. The number of rotatable bonds is 1. The normalized spacial score (nSPS) is 10.2. The Bertz CT molecular complexity index is 618. The highest BCUT2D eigenvalue weighted by Crippen LogP contribution is 2.28. The van der Waals surface area contributed by atoms with Crippen LogP contribution < -0.4 is 11.5 Å². The number of carbonyl (C=O) groups excluding carboxylic acids is 1. The lowest BCUT2D eigenvalue weighted by Gasteiger charge is -2.04. The molecule has 0 radical (unpaired) electrons. The van der Waals surface area contributed by atoms with Gasteiger partial charge in [-0.1, -0.05) is 30.3 Å². The molecule has 0 spiro atoms. The average molecular weight is 292 g/mol. The fraction of sp³-hybridized carbons (Fsp3) is 0. The van der Waals surface area contributed by atoms with Gasteiger partial charge in [-0.05, 0) is 32.8 Å². The van der Waals surface area contributed by atoms with Crippen LogP contribution in [0.25, 0.3) is 10.8 Å². The van der Waals surface area contributed by atoms with Gasteiger partial charge in [0.25, 0.3) is 5.91 Å². The summed E-state index contributed by atoms with van der Waals surface area (Å²) in [5, 5.41) is 1.99. The molecule has 0 unspecified atom stereocenters. The number of hydrogen-bond donors (Lipinski definition) is 2. The summed E-state index contributed by atoms with van der Waals surface area (Å²) in [6.07, 6.45) is 0. The second-order valence-electron chi connectivity index (χ2n) is 3.49. The Hall–Kier alpha value is -1.88. The maximum absolute atomic E-state index is 11.7. The van der Waals surface area contributed by atoms with E-state index in [9.17, 15) is 4.79 Å². The van der Waals surface area contributed by atoms with Crippen molar-refractivity contribution in [2.24, 2.45) is 16.5 Å². The maximum Gasteiger partial charge on any atom is 0.281 e. The van der Waals surface area contributed by atoms with Gasteiger partial charge in [0.2, 0.25) is 0 Å². The first-order valence-electron chi connectivity index (χ1n) is 4.91. The molecule has 2 aromatic carbocycles. The molecular weight excluding hydrogens is 282 g/mol. The van der Waals surface area contributed by atoms with Gasteiger partial charge in [0, 0.05) is 4.47 Å². The van der Waals surface area contributed by atoms with E-state index in [0.29, 0.717) is 10.0 Å². The summed E-state index contributed by atoms with van der Waals surface area (Å²) in [6.45, 7) is 0. The van der Waals surface area contributed by atoms with Gasteiger partial charge in [0.15, 0.2) is 5.96 Å². The van der Waals surface area contributed by atoms with Crippen LogP contribution in [-0.4, -0.2) is 11.9 Å². The maximum atomic E-state index is 11.7. The standard InChI is InChI=1S/C12H10BrN3O/c13-10-8-4-2-1-3-7(8)5-6-9(10)11(17)16-12(14)15/h1-6H,(H4,14,15,16,17). The van der Waals surface area contributed by atoms with Gasteiger partial charge in [-0.2, -0.15) is 4.99 Å². The summed E-state index contributed by atoms with van der Waals surface area (Å²) >= 11 is 3.40. The molecule has 2 aromatic rings. The van der Waals surface area contributed by atoms with Crippen molar-refractivity contribution in [3.8, 4) is 0 Å². The lowest BCUT2D eigenvalue weighted by Crippen LogP contribution is -2.24. The average Bonchev–Trinajstić information content (AvgIpc) is 2.28. The predicted octanol–water partition coefficient (Wildman–Crippen LogP) is 2.02. The van der Waals surface area contributed by atoms with Crippen molar-refractivity contribution < 1.29 is 4.79 Å². The molecule has 0 aliphatic rings. The van der Waals surface area contributed by atoms with Crippen LogP contribution in [0.2, 0.25) is 0 Å². The second kappa shape index (κ2) is 4.55. The van der Waals surface area contributed by atoms with Crippen LogP contribution in [0.5, 0.6) is 0 Å². The third-order valence-corrected chi connectivity index (χ3v) is 3.18. The number of hydrogen-bond acceptors (Lipinski definition) is 1. The Morgan fingerprint density at radius 3 is 2.53 bits per heavy atom. The minimum Gasteiger partial charge on any atom is -0.370 e. The molecule has 86 valence electrons. The van der Waals surface area contributed by atoms with Gasteiger partial charge in [-0.3, -0.25) is 4.79 Å². The quantitative estimate of drug-likeness (QED) is 0.623. The number of nitrogens with zero attached hydrogens (tertiary/aromatic N) is 1. The summed E-state index contributed by atoms with van der Waals surface area (Å²) < 4.78 is 0.700. The summed E-state index contributed by atoms with van der Waals surface area (Å²) in [5.41, 5.74) is 10.8. The summed E-state index contributed by atoms with van der Waals surface area (Å²) in [6, 6.07) is 11.3. The molecule has 0 saturated heterocycles. The van der Waals surface area contributed by atoms with E-state index in [1.54, 1.807) is 6.07 Å². The van der Waals surface area contributed by atoms with E-state index in [2.05, 4.69) is 20.9 Å². The molecule has 0 heterocycles. The van der Waals surface area contributed by atoms with E-state index >= 15 is 0 Å². The number of halogens is 1. The molecule has 4 N–H and O–H groups in total. The van der Waals surface area contributed by atoms with E-state index in [1.165, 1.54) is 0 Å².